The average molecular weight is 462 g/mol. The number of aromatic nitrogens is 1. The van der Waals surface area contributed by atoms with Crippen LogP contribution in [-0.2, 0) is 9.53 Å². The standard InChI is InChI=1S/C26H27N3O3S/c1-6-32-25(31)22-17(3)27-26-29(23(22)19-11-13-20(14-12-19)28(4)5)24(30)21(33-26)15-18-9-7-16(2)8-10-18/h7-15,23H,6H2,1-5H3. The van der Waals surface area contributed by atoms with Gasteiger partial charge in [-0.2, -0.15) is 0 Å². The van der Waals surface area contributed by atoms with E-state index in [-0.39, 0.29) is 12.2 Å². The fourth-order valence-corrected chi connectivity index (χ4v) is 4.92. The van der Waals surface area contributed by atoms with Crippen molar-refractivity contribution in [1.29, 1.82) is 0 Å². The molecule has 6 nitrogen and oxygen atoms in total. The van der Waals surface area contributed by atoms with Crippen LogP contribution in [0.2, 0.25) is 0 Å². The van der Waals surface area contributed by atoms with Crippen LogP contribution in [0.3, 0.4) is 0 Å². The lowest BCUT2D eigenvalue weighted by molar-refractivity contribution is -0.139. The molecule has 0 aliphatic carbocycles. The van der Waals surface area contributed by atoms with Gasteiger partial charge in [-0.05, 0) is 50.1 Å². The lowest BCUT2D eigenvalue weighted by Gasteiger charge is -2.25. The molecule has 1 aliphatic heterocycles. The largest absolute Gasteiger partial charge is 0.463 e. The highest BCUT2D eigenvalue weighted by Crippen LogP contribution is 2.31. The molecular weight excluding hydrogens is 434 g/mol. The van der Waals surface area contributed by atoms with Crippen molar-refractivity contribution < 1.29 is 9.53 Å². The van der Waals surface area contributed by atoms with Gasteiger partial charge in [0.2, 0.25) is 0 Å². The maximum absolute atomic E-state index is 13.6. The van der Waals surface area contributed by atoms with Crippen molar-refractivity contribution in [2.24, 2.45) is 4.99 Å². The number of allylic oxidation sites excluding steroid dienone is 1. The first-order valence-electron chi connectivity index (χ1n) is 10.8. The predicted octanol–water partition coefficient (Wildman–Crippen LogP) is 3.17. The Morgan fingerprint density at radius 3 is 2.39 bits per heavy atom. The summed E-state index contributed by atoms with van der Waals surface area (Å²) in [6, 6.07) is 15.3. The van der Waals surface area contributed by atoms with Gasteiger partial charge >= 0.3 is 5.97 Å². The number of benzene rings is 2. The minimum Gasteiger partial charge on any atom is -0.463 e. The summed E-state index contributed by atoms with van der Waals surface area (Å²) in [4.78, 5) is 33.7. The van der Waals surface area contributed by atoms with Gasteiger partial charge in [0.1, 0.15) is 0 Å². The van der Waals surface area contributed by atoms with Crippen LogP contribution in [0.1, 0.15) is 36.6 Å². The number of esters is 1. The zero-order valence-electron chi connectivity index (χ0n) is 19.5. The lowest BCUT2D eigenvalue weighted by atomic mass is 9.95. The fourth-order valence-electron chi connectivity index (χ4n) is 3.88. The van der Waals surface area contributed by atoms with Gasteiger partial charge in [0.15, 0.2) is 4.80 Å². The van der Waals surface area contributed by atoms with Crippen LogP contribution in [0.25, 0.3) is 6.08 Å². The monoisotopic (exact) mass is 461 g/mol. The van der Waals surface area contributed by atoms with Crippen molar-refractivity contribution in [3.05, 3.63) is 96.2 Å². The summed E-state index contributed by atoms with van der Waals surface area (Å²) in [5.41, 5.74) is 4.76. The van der Waals surface area contributed by atoms with E-state index in [0.717, 1.165) is 22.4 Å². The first-order valence-corrected chi connectivity index (χ1v) is 11.7. The van der Waals surface area contributed by atoms with E-state index in [9.17, 15) is 9.59 Å². The number of hydrogen-bond donors (Lipinski definition) is 0. The van der Waals surface area contributed by atoms with Crippen LogP contribution in [0.4, 0.5) is 5.69 Å². The highest BCUT2D eigenvalue weighted by Gasteiger charge is 2.33. The molecule has 33 heavy (non-hydrogen) atoms. The second-order valence-corrected chi connectivity index (χ2v) is 9.21. The van der Waals surface area contributed by atoms with E-state index in [2.05, 4.69) is 4.99 Å². The number of aryl methyl sites for hydroxylation is 1. The Balaban J connectivity index is 1.92. The summed E-state index contributed by atoms with van der Waals surface area (Å²) in [7, 11) is 3.94. The molecule has 0 saturated heterocycles. The number of hydrogen-bond acceptors (Lipinski definition) is 6. The first-order chi connectivity index (χ1) is 15.8. The van der Waals surface area contributed by atoms with E-state index in [4.69, 9.17) is 4.74 Å². The molecule has 1 aliphatic rings. The van der Waals surface area contributed by atoms with Crippen molar-refractivity contribution in [3.63, 3.8) is 0 Å². The third kappa shape index (κ3) is 4.41. The number of fused-ring (bicyclic) bond motifs is 1. The second-order valence-electron chi connectivity index (χ2n) is 8.20. The van der Waals surface area contributed by atoms with Gasteiger partial charge in [0, 0.05) is 19.8 Å². The Bertz CT molecular complexity index is 1390. The van der Waals surface area contributed by atoms with Crippen molar-refractivity contribution in [3.8, 4) is 0 Å². The molecule has 0 saturated carbocycles. The maximum Gasteiger partial charge on any atom is 0.338 e. The third-order valence-corrected chi connectivity index (χ3v) is 6.60. The van der Waals surface area contributed by atoms with Gasteiger partial charge in [-0.3, -0.25) is 9.36 Å². The first kappa shape index (κ1) is 22.7. The molecule has 0 fully saturated rings. The summed E-state index contributed by atoms with van der Waals surface area (Å²) in [5, 5.41) is 0. The molecule has 0 radical (unpaired) electrons. The minimum absolute atomic E-state index is 0.171. The Hall–Kier alpha value is -3.45. The van der Waals surface area contributed by atoms with Crippen molar-refractivity contribution in [2.75, 3.05) is 25.6 Å². The van der Waals surface area contributed by atoms with Crippen LogP contribution in [-0.4, -0.2) is 31.2 Å². The van der Waals surface area contributed by atoms with Crippen LogP contribution in [0.5, 0.6) is 0 Å². The smallest absolute Gasteiger partial charge is 0.338 e. The zero-order valence-corrected chi connectivity index (χ0v) is 20.3. The Morgan fingerprint density at radius 2 is 1.79 bits per heavy atom. The van der Waals surface area contributed by atoms with Crippen LogP contribution >= 0.6 is 11.3 Å². The molecule has 0 amide bonds. The number of rotatable bonds is 5. The number of anilines is 1. The Labute approximate surface area is 196 Å². The van der Waals surface area contributed by atoms with Gasteiger partial charge < -0.3 is 9.64 Å². The zero-order chi connectivity index (χ0) is 23.7. The van der Waals surface area contributed by atoms with Crippen molar-refractivity contribution in [2.45, 2.75) is 26.8 Å². The second kappa shape index (κ2) is 9.19. The molecule has 1 aromatic heterocycles. The topological polar surface area (TPSA) is 63.9 Å². The number of carbonyl (C=O) groups is 1. The Morgan fingerprint density at radius 1 is 1.12 bits per heavy atom. The molecule has 4 rings (SSSR count). The highest BCUT2D eigenvalue weighted by molar-refractivity contribution is 7.07. The minimum atomic E-state index is -0.600. The highest BCUT2D eigenvalue weighted by atomic mass is 32.1. The van der Waals surface area contributed by atoms with E-state index >= 15 is 0 Å². The third-order valence-electron chi connectivity index (χ3n) is 5.62. The normalized spacial score (nSPS) is 15.8. The molecule has 3 aromatic rings. The number of thiazole rings is 1. The quantitative estimate of drug-likeness (QED) is 0.548. The number of nitrogens with zero attached hydrogens (tertiary/aromatic N) is 3. The van der Waals surface area contributed by atoms with Crippen molar-refractivity contribution >= 4 is 29.1 Å². The van der Waals surface area contributed by atoms with Gasteiger partial charge in [-0.1, -0.05) is 53.3 Å². The molecule has 0 spiro atoms. The van der Waals surface area contributed by atoms with E-state index < -0.39 is 12.0 Å². The van der Waals surface area contributed by atoms with E-state index in [1.165, 1.54) is 11.3 Å². The molecule has 170 valence electrons. The molecule has 0 bridgehead atoms. The summed E-state index contributed by atoms with van der Waals surface area (Å²) in [6.45, 7) is 5.84. The average Bonchev–Trinajstić information content (AvgIpc) is 3.09. The summed E-state index contributed by atoms with van der Waals surface area (Å²) < 4.78 is 7.54. The van der Waals surface area contributed by atoms with Gasteiger partial charge in [0.25, 0.3) is 5.56 Å². The van der Waals surface area contributed by atoms with E-state index in [1.54, 1.807) is 18.4 Å². The SMILES string of the molecule is CCOC(=O)C1=C(C)N=c2sc(=Cc3ccc(C)cc3)c(=O)n2C1c1ccc(N(C)C)cc1. The molecule has 1 atom stereocenters. The van der Waals surface area contributed by atoms with E-state index in [0.29, 0.717) is 20.6 Å². The van der Waals surface area contributed by atoms with Gasteiger partial charge in [-0.25, -0.2) is 9.79 Å². The van der Waals surface area contributed by atoms with Gasteiger partial charge in [0.05, 0.1) is 28.5 Å². The fraction of sp³-hybridized carbons (Fsp3) is 0.269. The molecule has 7 heteroatoms. The lowest BCUT2D eigenvalue weighted by Crippen LogP contribution is -2.39. The van der Waals surface area contributed by atoms with Crippen molar-refractivity contribution in [1.82, 2.24) is 4.57 Å². The molecule has 2 aromatic carbocycles. The summed E-state index contributed by atoms with van der Waals surface area (Å²) in [6.07, 6.45) is 1.87. The number of ether oxygens (including phenoxy) is 1. The van der Waals surface area contributed by atoms with Crippen LogP contribution in [0.15, 0.2) is 69.6 Å². The summed E-state index contributed by atoms with van der Waals surface area (Å²) >= 11 is 1.33. The van der Waals surface area contributed by atoms with Gasteiger partial charge in [-0.15, -0.1) is 0 Å². The maximum atomic E-state index is 13.6. The van der Waals surface area contributed by atoms with Crippen LogP contribution < -0.4 is 19.8 Å². The van der Waals surface area contributed by atoms with Crippen LogP contribution in [0, 0.1) is 6.92 Å². The predicted molar refractivity (Wildman–Crippen MR) is 132 cm³/mol. The molecular formula is C26H27N3O3S. The Kier molecular flexibility index (Phi) is 6.33. The molecule has 0 N–H and O–H groups in total. The molecule has 1 unspecified atom stereocenters. The number of carbonyl (C=O) groups excluding carboxylic acids is 1. The summed E-state index contributed by atoms with van der Waals surface area (Å²) in [5.74, 6) is -0.451. The molecule has 2 heterocycles. The van der Waals surface area contributed by atoms with E-state index in [1.807, 2.05) is 80.5 Å².